The van der Waals surface area contributed by atoms with Gasteiger partial charge in [-0.1, -0.05) is 25.4 Å². The van der Waals surface area contributed by atoms with Gasteiger partial charge in [-0.3, -0.25) is 0 Å². The van der Waals surface area contributed by atoms with Gasteiger partial charge in [0.2, 0.25) is 0 Å². The minimum Gasteiger partial charge on any atom is -0.341 e. The number of halogens is 1. The highest BCUT2D eigenvalue weighted by Gasteiger charge is 2.03. The molecule has 1 aromatic carbocycles. The first-order chi connectivity index (χ1) is 8.65. The number of aromatic amines is 1. The third-order valence-corrected chi connectivity index (χ3v) is 2.87. The van der Waals surface area contributed by atoms with E-state index in [1.807, 2.05) is 30.5 Å². The monoisotopic (exact) mass is 263 g/mol. The second-order valence-corrected chi connectivity index (χ2v) is 5.23. The van der Waals surface area contributed by atoms with Gasteiger partial charge in [0.15, 0.2) is 0 Å². The summed E-state index contributed by atoms with van der Waals surface area (Å²) in [5.74, 6) is 1.54. The Morgan fingerprint density at radius 1 is 1.28 bits per heavy atom. The van der Waals surface area contributed by atoms with Gasteiger partial charge in [0.1, 0.15) is 5.82 Å². The number of H-pyrrole nitrogens is 1. The maximum Gasteiger partial charge on any atom is 0.137 e. The third kappa shape index (κ3) is 3.59. The van der Waals surface area contributed by atoms with E-state index in [-0.39, 0.29) is 0 Å². The molecule has 2 N–H and O–H groups in total. The molecule has 0 atom stereocenters. The van der Waals surface area contributed by atoms with Crippen LogP contribution in [0.25, 0.3) is 11.4 Å². The van der Waals surface area contributed by atoms with E-state index in [9.17, 15) is 0 Å². The van der Waals surface area contributed by atoms with Crippen molar-refractivity contribution in [2.24, 2.45) is 5.92 Å². The molecule has 1 aromatic heterocycles. The standard InChI is InChI=1S/C14H18ClN3/c1-10(2)7-16-8-13-9-17-14(18-13)11-3-5-12(15)6-4-11/h3-6,9-10,16H,7-8H2,1-2H3,(H,17,18). The fourth-order valence-electron chi connectivity index (χ4n) is 1.70. The van der Waals surface area contributed by atoms with Gasteiger partial charge >= 0.3 is 0 Å². The lowest BCUT2D eigenvalue weighted by Gasteiger charge is -2.05. The SMILES string of the molecule is CC(C)CNCc1cnc(-c2ccc(Cl)cc2)[nH]1. The van der Waals surface area contributed by atoms with Crippen molar-refractivity contribution < 1.29 is 0 Å². The van der Waals surface area contributed by atoms with E-state index in [1.54, 1.807) is 0 Å². The molecule has 0 unspecified atom stereocenters. The number of aromatic nitrogens is 2. The van der Waals surface area contributed by atoms with E-state index in [4.69, 9.17) is 11.6 Å². The molecule has 1 heterocycles. The van der Waals surface area contributed by atoms with Crippen molar-refractivity contribution in [1.82, 2.24) is 15.3 Å². The summed E-state index contributed by atoms with van der Waals surface area (Å²) in [6.45, 7) is 6.21. The molecular formula is C14H18ClN3. The number of rotatable bonds is 5. The minimum absolute atomic E-state index is 0.656. The van der Waals surface area contributed by atoms with Crippen molar-refractivity contribution in [2.45, 2.75) is 20.4 Å². The number of benzene rings is 1. The fourth-order valence-corrected chi connectivity index (χ4v) is 1.82. The molecule has 3 nitrogen and oxygen atoms in total. The molecule has 0 amide bonds. The second kappa shape index (κ2) is 6.03. The smallest absolute Gasteiger partial charge is 0.137 e. The van der Waals surface area contributed by atoms with Crippen LogP contribution in [0.1, 0.15) is 19.5 Å². The molecule has 0 fully saturated rings. The van der Waals surface area contributed by atoms with Gasteiger partial charge in [0.05, 0.1) is 0 Å². The van der Waals surface area contributed by atoms with Gasteiger partial charge in [-0.15, -0.1) is 0 Å². The molecule has 4 heteroatoms. The lowest BCUT2D eigenvalue weighted by atomic mass is 10.2. The second-order valence-electron chi connectivity index (χ2n) is 4.79. The molecule has 0 aliphatic rings. The predicted octanol–water partition coefficient (Wildman–Crippen LogP) is 3.48. The van der Waals surface area contributed by atoms with Crippen LogP contribution in [-0.4, -0.2) is 16.5 Å². The Bertz CT molecular complexity index is 488. The maximum atomic E-state index is 5.86. The van der Waals surface area contributed by atoms with Crippen molar-refractivity contribution in [3.63, 3.8) is 0 Å². The Morgan fingerprint density at radius 3 is 2.67 bits per heavy atom. The lowest BCUT2D eigenvalue weighted by Crippen LogP contribution is -2.19. The average Bonchev–Trinajstić information content (AvgIpc) is 2.78. The van der Waals surface area contributed by atoms with Crippen LogP contribution < -0.4 is 5.32 Å². The lowest BCUT2D eigenvalue weighted by molar-refractivity contribution is 0.549. The Hall–Kier alpha value is -1.32. The van der Waals surface area contributed by atoms with Crippen molar-refractivity contribution in [3.05, 3.63) is 41.2 Å². The van der Waals surface area contributed by atoms with Gasteiger partial charge in [-0.05, 0) is 36.7 Å². The molecule has 0 aliphatic carbocycles. The highest BCUT2D eigenvalue weighted by atomic mass is 35.5. The van der Waals surface area contributed by atoms with Crippen LogP contribution >= 0.6 is 11.6 Å². The van der Waals surface area contributed by atoms with Crippen LogP contribution in [0.2, 0.25) is 5.02 Å². The van der Waals surface area contributed by atoms with Crippen LogP contribution in [0.5, 0.6) is 0 Å². The predicted molar refractivity (Wildman–Crippen MR) is 75.6 cm³/mol. The van der Waals surface area contributed by atoms with Gasteiger partial charge < -0.3 is 10.3 Å². The van der Waals surface area contributed by atoms with E-state index >= 15 is 0 Å². The fraction of sp³-hybridized carbons (Fsp3) is 0.357. The number of imidazole rings is 1. The van der Waals surface area contributed by atoms with Crippen molar-refractivity contribution in [1.29, 1.82) is 0 Å². The number of hydrogen-bond donors (Lipinski definition) is 2. The first kappa shape index (κ1) is 13.1. The van der Waals surface area contributed by atoms with Crippen LogP contribution in [-0.2, 0) is 6.54 Å². The quantitative estimate of drug-likeness (QED) is 0.867. The van der Waals surface area contributed by atoms with Crippen molar-refractivity contribution in [3.8, 4) is 11.4 Å². The Labute approximate surface area is 113 Å². The van der Waals surface area contributed by atoms with Crippen LogP contribution in [0.4, 0.5) is 0 Å². The van der Waals surface area contributed by atoms with Gasteiger partial charge in [-0.25, -0.2) is 4.98 Å². The van der Waals surface area contributed by atoms with E-state index in [2.05, 4.69) is 29.1 Å². The van der Waals surface area contributed by atoms with E-state index in [1.165, 1.54) is 0 Å². The van der Waals surface area contributed by atoms with Gasteiger partial charge in [-0.2, -0.15) is 0 Å². The average molecular weight is 264 g/mol. The first-order valence-corrected chi connectivity index (χ1v) is 6.53. The normalized spacial score (nSPS) is 11.1. The van der Waals surface area contributed by atoms with Crippen molar-refractivity contribution in [2.75, 3.05) is 6.54 Å². The summed E-state index contributed by atoms with van der Waals surface area (Å²) in [6, 6.07) is 7.67. The molecule has 0 spiro atoms. The van der Waals surface area contributed by atoms with Gasteiger partial charge in [0.25, 0.3) is 0 Å². The molecule has 0 radical (unpaired) electrons. The molecule has 96 valence electrons. The molecule has 2 rings (SSSR count). The van der Waals surface area contributed by atoms with Crippen LogP contribution in [0, 0.1) is 5.92 Å². The van der Waals surface area contributed by atoms with Crippen LogP contribution in [0.15, 0.2) is 30.5 Å². The summed E-state index contributed by atoms with van der Waals surface area (Å²) < 4.78 is 0. The molecule has 0 saturated heterocycles. The molecule has 0 bridgehead atoms. The zero-order chi connectivity index (χ0) is 13.0. The van der Waals surface area contributed by atoms with Gasteiger partial charge in [0, 0.05) is 29.0 Å². The summed E-state index contributed by atoms with van der Waals surface area (Å²) in [5.41, 5.74) is 2.15. The number of hydrogen-bond acceptors (Lipinski definition) is 2. The van der Waals surface area contributed by atoms with Crippen molar-refractivity contribution >= 4 is 11.6 Å². The Kier molecular flexibility index (Phi) is 4.39. The molecule has 18 heavy (non-hydrogen) atoms. The summed E-state index contributed by atoms with van der Waals surface area (Å²) in [4.78, 5) is 7.68. The Morgan fingerprint density at radius 2 is 2.00 bits per heavy atom. The molecule has 2 aromatic rings. The highest BCUT2D eigenvalue weighted by molar-refractivity contribution is 6.30. The zero-order valence-corrected chi connectivity index (χ0v) is 11.5. The van der Waals surface area contributed by atoms with E-state index < -0.39 is 0 Å². The summed E-state index contributed by atoms with van der Waals surface area (Å²) in [7, 11) is 0. The molecular weight excluding hydrogens is 246 g/mol. The number of nitrogens with one attached hydrogen (secondary N) is 2. The number of nitrogens with zero attached hydrogens (tertiary/aromatic N) is 1. The first-order valence-electron chi connectivity index (χ1n) is 6.15. The minimum atomic E-state index is 0.656. The highest BCUT2D eigenvalue weighted by Crippen LogP contribution is 2.18. The Balaban J connectivity index is 1.99. The third-order valence-electron chi connectivity index (χ3n) is 2.61. The zero-order valence-electron chi connectivity index (χ0n) is 10.7. The maximum absolute atomic E-state index is 5.86. The van der Waals surface area contributed by atoms with E-state index in [0.29, 0.717) is 5.92 Å². The summed E-state index contributed by atoms with van der Waals surface area (Å²) >= 11 is 5.86. The topological polar surface area (TPSA) is 40.7 Å². The summed E-state index contributed by atoms with van der Waals surface area (Å²) in [6.07, 6.45) is 1.87. The van der Waals surface area contributed by atoms with E-state index in [0.717, 1.165) is 35.2 Å². The molecule has 0 aliphatic heterocycles. The summed E-state index contributed by atoms with van der Waals surface area (Å²) in [5, 5.41) is 4.12. The molecule has 0 saturated carbocycles. The largest absolute Gasteiger partial charge is 0.341 e. The van der Waals surface area contributed by atoms with Crippen LogP contribution in [0.3, 0.4) is 0 Å².